The van der Waals surface area contributed by atoms with Crippen LogP contribution in [0.2, 0.25) is 5.02 Å². The molecule has 0 radical (unpaired) electrons. The number of likely N-dealkylation sites (tertiary alicyclic amines) is 1. The molecule has 1 aromatic carbocycles. The standard InChI is InChI=1S/C17H24ClNO/c1-2-7-15-14-16(18)8-9-17(15)20-13-12-19-10-5-3-4-6-11-19/h2,8-9,14H,1,3-7,10-13H2/p+1. The lowest BCUT2D eigenvalue weighted by molar-refractivity contribution is -0.899. The number of hydrogen-bond acceptors (Lipinski definition) is 1. The van der Waals surface area contributed by atoms with Gasteiger partial charge in [0.2, 0.25) is 0 Å². The number of benzene rings is 1. The maximum absolute atomic E-state index is 6.03. The molecule has 0 aliphatic carbocycles. The van der Waals surface area contributed by atoms with E-state index in [0.29, 0.717) is 0 Å². The third-order valence-electron chi connectivity index (χ3n) is 3.91. The monoisotopic (exact) mass is 294 g/mol. The lowest BCUT2D eigenvalue weighted by Gasteiger charge is -2.18. The van der Waals surface area contributed by atoms with Gasteiger partial charge in [-0.3, -0.25) is 0 Å². The second kappa shape index (κ2) is 8.33. The van der Waals surface area contributed by atoms with Crippen molar-refractivity contribution in [2.24, 2.45) is 0 Å². The van der Waals surface area contributed by atoms with Crippen LogP contribution < -0.4 is 9.64 Å². The molecule has 1 aliphatic heterocycles. The first kappa shape index (κ1) is 15.4. The largest absolute Gasteiger partial charge is 0.487 e. The zero-order chi connectivity index (χ0) is 14.2. The smallest absolute Gasteiger partial charge is 0.137 e. The summed E-state index contributed by atoms with van der Waals surface area (Å²) in [4.78, 5) is 1.68. The number of allylic oxidation sites excluding steroid dienone is 1. The zero-order valence-electron chi connectivity index (χ0n) is 12.2. The van der Waals surface area contributed by atoms with Crippen LogP contribution in [0.1, 0.15) is 31.2 Å². The zero-order valence-corrected chi connectivity index (χ0v) is 12.9. The molecule has 0 bridgehead atoms. The number of rotatable bonds is 6. The van der Waals surface area contributed by atoms with Crippen molar-refractivity contribution in [3.05, 3.63) is 41.4 Å². The topological polar surface area (TPSA) is 13.7 Å². The van der Waals surface area contributed by atoms with Crippen molar-refractivity contribution in [3.63, 3.8) is 0 Å². The number of quaternary nitrogens is 1. The molecule has 0 aromatic heterocycles. The molecule has 3 heteroatoms. The van der Waals surface area contributed by atoms with E-state index in [0.717, 1.165) is 35.9 Å². The number of nitrogens with one attached hydrogen (secondary N) is 1. The van der Waals surface area contributed by atoms with E-state index in [1.807, 2.05) is 24.3 Å². The third-order valence-corrected chi connectivity index (χ3v) is 4.15. The molecule has 1 aromatic rings. The highest BCUT2D eigenvalue weighted by atomic mass is 35.5. The molecule has 1 aliphatic rings. The molecule has 1 saturated heterocycles. The highest BCUT2D eigenvalue weighted by Crippen LogP contribution is 2.23. The molecule has 0 amide bonds. The SMILES string of the molecule is C=CCc1cc(Cl)ccc1OCC[NH+]1CCCCCC1. The van der Waals surface area contributed by atoms with Crippen LogP contribution in [-0.2, 0) is 6.42 Å². The van der Waals surface area contributed by atoms with Crippen LogP contribution in [0.15, 0.2) is 30.9 Å². The van der Waals surface area contributed by atoms with Gasteiger partial charge in [-0.25, -0.2) is 0 Å². The molecule has 2 rings (SSSR count). The first-order valence-electron chi connectivity index (χ1n) is 7.65. The maximum Gasteiger partial charge on any atom is 0.137 e. The van der Waals surface area contributed by atoms with Crippen molar-refractivity contribution in [1.82, 2.24) is 0 Å². The van der Waals surface area contributed by atoms with E-state index in [-0.39, 0.29) is 0 Å². The van der Waals surface area contributed by atoms with Gasteiger partial charge in [-0.2, -0.15) is 0 Å². The molecular formula is C17H25ClNO+. The van der Waals surface area contributed by atoms with Crippen LogP contribution in [0.25, 0.3) is 0 Å². The number of hydrogen-bond donors (Lipinski definition) is 1. The van der Waals surface area contributed by atoms with E-state index in [1.165, 1.54) is 38.8 Å². The van der Waals surface area contributed by atoms with Crippen LogP contribution in [0.5, 0.6) is 5.75 Å². The van der Waals surface area contributed by atoms with Gasteiger partial charge in [-0.1, -0.05) is 17.7 Å². The van der Waals surface area contributed by atoms with Gasteiger partial charge in [-0.05, 0) is 55.9 Å². The summed E-state index contributed by atoms with van der Waals surface area (Å²) in [6.45, 7) is 8.25. The van der Waals surface area contributed by atoms with E-state index in [4.69, 9.17) is 16.3 Å². The summed E-state index contributed by atoms with van der Waals surface area (Å²) >= 11 is 6.03. The first-order chi connectivity index (χ1) is 9.79. The third kappa shape index (κ3) is 4.84. The Balaban J connectivity index is 1.85. The quantitative estimate of drug-likeness (QED) is 0.797. The van der Waals surface area contributed by atoms with Crippen LogP contribution in [0, 0.1) is 0 Å². The summed E-state index contributed by atoms with van der Waals surface area (Å²) in [5, 5.41) is 0.757. The van der Waals surface area contributed by atoms with Gasteiger partial charge >= 0.3 is 0 Å². The molecule has 1 fully saturated rings. The fourth-order valence-corrected chi connectivity index (χ4v) is 2.98. The average Bonchev–Trinajstić information content (AvgIpc) is 2.70. The normalized spacial score (nSPS) is 16.6. The Labute approximate surface area is 127 Å². The van der Waals surface area contributed by atoms with E-state index in [1.54, 1.807) is 4.90 Å². The van der Waals surface area contributed by atoms with Gasteiger partial charge in [0, 0.05) is 5.02 Å². The predicted octanol–water partition coefficient (Wildman–Crippen LogP) is 2.91. The Morgan fingerprint density at radius 2 is 1.95 bits per heavy atom. The highest BCUT2D eigenvalue weighted by Gasteiger charge is 2.12. The highest BCUT2D eigenvalue weighted by molar-refractivity contribution is 6.30. The van der Waals surface area contributed by atoms with Gasteiger partial charge in [-0.15, -0.1) is 6.58 Å². The Bertz CT molecular complexity index is 425. The van der Waals surface area contributed by atoms with Crippen LogP contribution in [0.3, 0.4) is 0 Å². The summed E-state index contributed by atoms with van der Waals surface area (Å²) in [6.07, 6.45) is 8.19. The first-order valence-corrected chi connectivity index (χ1v) is 8.03. The Morgan fingerprint density at radius 1 is 1.20 bits per heavy atom. The Morgan fingerprint density at radius 3 is 2.65 bits per heavy atom. The van der Waals surface area contributed by atoms with E-state index in [2.05, 4.69) is 6.58 Å². The van der Waals surface area contributed by atoms with Crippen LogP contribution in [-0.4, -0.2) is 26.2 Å². The van der Waals surface area contributed by atoms with E-state index in [9.17, 15) is 0 Å². The van der Waals surface area contributed by atoms with Crippen molar-refractivity contribution < 1.29 is 9.64 Å². The molecule has 0 atom stereocenters. The fourth-order valence-electron chi connectivity index (χ4n) is 2.79. The second-order valence-corrected chi connectivity index (χ2v) is 5.94. The fraction of sp³-hybridized carbons (Fsp3) is 0.529. The van der Waals surface area contributed by atoms with Gasteiger partial charge < -0.3 is 9.64 Å². The minimum Gasteiger partial charge on any atom is -0.487 e. The van der Waals surface area contributed by atoms with E-state index < -0.39 is 0 Å². The van der Waals surface area contributed by atoms with Crippen molar-refractivity contribution >= 4 is 11.6 Å². The Kier molecular flexibility index (Phi) is 6.41. The van der Waals surface area contributed by atoms with Crippen molar-refractivity contribution in [2.75, 3.05) is 26.2 Å². The van der Waals surface area contributed by atoms with Gasteiger partial charge in [0.15, 0.2) is 0 Å². The Hall–Kier alpha value is -0.990. The molecular weight excluding hydrogens is 270 g/mol. The summed E-state index contributed by atoms with van der Waals surface area (Å²) in [5.41, 5.74) is 1.12. The van der Waals surface area contributed by atoms with Crippen molar-refractivity contribution in [1.29, 1.82) is 0 Å². The molecule has 2 nitrogen and oxygen atoms in total. The van der Waals surface area contributed by atoms with Crippen molar-refractivity contribution in [3.8, 4) is 5.75 Å². The number of ether oxygens (including phenoxy) is 1. The molecule has 0 saturated carbocycles. The lowest BCUT2D eigenvalue weighted by Crippen LogP contribution is -3.12. The van der Waals surface area contributed by atoms with Crippen LogP contribution >= 0.6 is 11.6 Å². The van der Waals surface area contributed by atoms with Crippen LogP contribution in [0.4, 0.5) is 0 Å². The second-order valence-electron chi connectivity index (χ2n) is 5.51. The minimum atomic E-state index is 0.757. The summed E-state index contributed by atoms with van der Waals surface area (Å²) in [6, 6.07) is 5.83. The number of halogens is 1. The molecule has 1 N–H and O–H groups in total. The molecule has 0 spiro atoms. The molecule has 20 heavy (non-hydrogen) atoms. The minimum absolute atomic E-state index is 0.757. The predicted molar refractivity (Wildman–Crippen MR) is 84.9 cm³/mol. The molecule has 110 valence electrons. The van der Waals surface area contributed by atoms with Gasteiger partial charge in [0.25, 0.3) is 0 Å². The average molecular weight is 295 g/mol. The van der Waals surface area contributed by atoms with Gasteiger partial charge in [0.1, 0.15) is 18.9 Å². The summed E-state index contributed by atoms with van der Waals surface area (Å²) in [5.74, 6) is 0.948. The molecule has 0 unspecified atom stereocenters. The van der Waals surface area contributed by atoms with Gasteiger partial charge in [0.05, 0.1) is 13.1 Å². The van der Waals surface area contributed by atoms with Crippen molar-refractivity contribution in [2.45, 2.75) is 32.1 Å². The lowest BCUT2D eigenvalue weighted by atomic mass is 10.1. The summed E-state index contributed by atoms with van der Waals surface area (Å²) < 4.78 is 5.96. The summed E-state index contributed by atoms with van der Waals surface area (Å²) in [7, 11) is 0. The van der Waals surface area contributed by atoms with E-state index >= 15 is 0 Å². The molecule has 1 heterocycles. The maximum atomic E-state index is 6.03.